The minimum absolute atomic E-state index is 0.135. The number of aryl methyl sites for hydroxylation is 1. The Bertz CT molecular complexity index is 1250. The van der Waals surface area contributed by atoms with E-state index in [2.05, 4.69) is 4.98 Å². The number of nitrogens with zero attached hydrogens (tertiary/aromatic N) is 1. The van der Waals surface area contributed by atoms with Crippen molar-refractivity contribution in [2.24, 2.45) is 0 Å². The number of benzene rings is 2. The summed E-state index contributed by atoms with van der Waals surface area (Å²) in [5, 5.41) is 0. The molecule has 8 heteroatoms. The van der Waals surface area contributed by atoms with Crippen LogP contribution in [0.2, 0.25) is 0 Å². The maximum atomic E-state index is 13.8. The molecule has 36 heavy (non-hydrogen) atoms. The highest BCUT2D eigenvalue weighted by Gasteiger charge is 2.27. The highest BCUT2D eigenvalue weighted by molar-refractivity contribution is 6.08. The van der Waals surface area contributed by atoms with Gasteiger partial charge in [-0.3, -0.25) is 4.79 Å². The van der Waals surface area contributed by atoms with Crippen LogP contribution in [0.3, 0.4) is 0 Å². The van der Waals surface area contributed by atoms with E-state index >= 15 is 0 Å². The number of amides is 1. The van der Waals surface area contributed by atoms with Gasteiger partial charge in [-0.2, -0.15) is 0 Å². The van der Waals surface area contributed by atoms with Gasteiger partial charge in [-0.15, -0.1) is 0 Å². The Labute approximate surface area is 210 Å². The Morgan fingerprint density at radius 1 is 1.03 bits per heavy atom. The molecule has 0 fully saturated rings. The molecule has 0 atom stereocenters. The standard InChI is InChI=1S/C28H30N2O6/c1-19-25(28(32)36-15-14-33-3)20(2)29-26(19)27(31)30(13-7-10-21-8-5-4-6-9-21)22-11-12-23-24(18-22)35-17-16-34-23/h4-12,18,29H,13-17H2,1-3H3/b10-7+. The predicted octanol–water partition coefficient (Wildman–Crippen LogP) is 4.57. The minimum atomic E-state index is -0.493. The summed E-state index contributed by atoms with van der Waals surface area (Å²) in [5.41, 5.74) is 3.47. The second kappa shape index (κ2) is 11.6. The molecule has 188 valence electrons. The molecule has 3 aromatic rings. The average Bonchev–Trinajstić information content (AvgIpc) is 3.20. The van der Waals surface area contributed by atoms with Crippen molar-refractivity contribution in [2.45, 2.75) is 13.8 Å². The molecule has 1 aromatic heterocycles. The van der Waals surface area contributed by atoms with Crippen molar-refractivity contribution < 1.29 is 28.5 Å². The fraction of sp³-hybridized carbons (Fsp3) is 0.286. The molecule has 2 aromatic carbocycles. The molecular formula is C28H30N2O6. The summed E-state index contributed by atoms with van der Waals surface area (Å²) in [5.74, 6) is 0.462. The normalized spacial score (nSPS) is 12.5. The van der Waals surface area contributed by atoms with Crippen LogP contribution in [0.4, 0.5) is 5.69 Å². The summed E-state index contributed by atoms with van der Waals surface area (Å²) < 4.78 is 21.6. The van der Waals surface area contributed by atoms with Crippen molar-refractivity contribution in [3.05, 3.63) is 82.7 Å². The first-order valence-electron chi connectivity index (χ1n) is 11.8. The predicted molar refractivity (Wildman–Crippen MR) is 137 cm³/mol. The van der Waals surface area contributed by atoms with Gasteiger partial charge in [0.1, 0.15) is 25.5 Å². The first kappa shape index (κ1) is 25.1. The number of esters is 1. The molecule has 0 unspecified atom stereocenters. The monoisotopic (exact) mass is 490 g/mol. The van der Waals surface area contributed by atoms with Gasteiger partial charge in [-0.25, -0.2) is 4.79 Å². The van der Waals surface area contributed by atoms with Crippen LogP contribution >= 0.6 is 0 Å². The Balaban J connectivity index is 1.65. The number of aromatic amines is 1. The third-order valence-electron chi connectivity index (χ3n) is 5.86. The molecule has 0 bridgehead atoms. The summed E-state index contributed by atoms with van der Waals surface area (Å²) in [7, 11) is 1.54. The highest BCUT2D eigenvalue weighted by atomic mass is 16.6. The van der Waals surface area contributed by atoms with Gasteiger partial charge in [-0.05, 0) is 37.1 Å². The number of carbonyl (C=O) groups is 2. The lowest BCUT2D eigenvalue weighted by molar-refractivity contribution is 0.0386. The Kier molecular flexibility index (Phi) is 8.07. The molecule has 0 radical (unpaired) electrons. The second-order valence-corrected chi connectivity index (χ2v) is 8.31. The third kappa shape index (κ3) is 5.60. The van der Waals surface area contributed by atoms with E-state index in [-0.39, 0.29) is 12.5 Å². The van der Waals surface area contributed by atoms with E-state index in [9.17, 15) is 9.59 Å². The Hall–Kier alpha value is -4.04. The summed E-state index contributed by atoms with van der Waals surface area (Å²) >= 11 is 0. The van der Waals surface area contributed by atoms with Gasteiger partial charge in [0.25, 0.3) is 5.91 Å². The lowest BCUT2D eigenvalue weighted by atomic mass is 10.1. The molecular weight excluding hydrogens is 460 g/mol. The quantitative estimate of drug-likeness (QED) is 0.349. The SMILES string of the molecule is COCCOC(=O)c1c(C)[nH]c(C(=O)N(C/C=C/c2ccccc2)c2ccc3c(c2)OCCO3)c1C. The van der Waals surface area contributed by atoms with Gasteiger partial charge < -0.3 is 28.8 Å². The van der Waals surface area contributed by atoms with Crippen LogP contribution in [0.15, 0.2) is 54.6 Å². The summed E-state index contributed by atoms with van der Waals surface area (Å²) in [6.45, 7) is 5.16. The maximum absolute atomic E-state index is 13.8. The zero-order chi connectivity index (χ0) is 25.5. The number of methoxy groups -OCH3 is 1. The maximum Gasteiger partial charge on any atom is 0.340 e. The number of nitrogens with one attached hydrogen (secondary N) is 1. The number of H-pyrrole nitrogens is 1. The number of hydrogen-bond donors (Lipinski definition) is 1. The van der Waals surface area contributed by atoms with Gasteiger partial charge in [0.15, 0.2) is 11.5 Å². The Morgan fingerprint density at radius 3 is 2.53 bits per heavy atom. The summed E-state index contributed by atoms with van der Waals surface area (Å²) in [6, 6.07) is 15.3. The summed E-state index contributed by atoms with van der Waals surface area (Å²) in [6.07, 6.45) is 3.89. The Morgan fingerprint density at radius 2 is 1.78 bits per heavy atom. The number of anilines is 1. The van der Waals surface area contributed by atoms with Crippen LogP contribution in [0.5, 0.6) is 11.5 Å². The van der Waals surface area contributed by atoms with Crippen LogP contribution < -0.4 is 14.4 Å². The zero-order valence-electron chi connectivity index (χ0n) is 20.7. The zero-order valence-corrected chi connectivity index (χ0v) is 20.7. The van der Waals surface area contributed by atoms with Crippen molar-refractivity contribution in [2.75, 3.05) is 45.0 Å². The number of aromatic nitrogens is 1. The van der Waals surface area contributed by atoms with E-state index in [1.54, 1.807) is 30.9 Å². The number of fused-ring (bicyclic) bond motifs is 1. The molecule has 1 aliphatic heterocycles. The van der Waals surface area contributed by atoms with Crippen molar-refractivity contribution >= 4 is 23.6 Å². The summed E-state index contributed by atoms with van der Waals surface area (Å²) in [4.78, 5) is 31.2. The van der Waals surface area contributed by atoms with Crippen molar-refractivity contribution in [1.82, 2.24) is 4.98 Å². The van der Waals surface area contributed by atoms with Crippen molar-refractivity contribution in [3.63, 3.8) is 0 Å². The minimum Gasteiger partial charge on any atom is -0.486 e. The number of hydrogen-bond acceptors (Lipinski definition) is 6. The van der Waals surface area contributed by atoms with Crippen LogP contribution in [0.1, 0.15) is 37.7 Å². The van der Waals surface area contributed by atoms with E-state index < -0.39 is 5.97 Å². The number of rotatable bonds is 9. The van der Waals surface area contributed by atoms with Crippen LogP contribution in [0.25, 0.3) is 6.08 Å². The van der Waals surface area contributed by atoms with E-state index in [4.69, 9.17) is 18.9 Å². The highest BCUT2D eigenvalue weighted by Crippen LogP contribution is 2.35. The van der Waals surface area contributed by atoms with Crippen LogP contribution in [0, 0.1) is 13.8 Å². The molecule has 0 spiro atoms. The van der Waals surface area contributed by atoms with Gasteiger partial charge >= 0.3 is 5.97 Å². The van der Waals surface area contributed by atoms with Crippen molar-refractivity contribution in [3.8, 4) is 11.5 Å². The lowest BCUT2D eigenvalue weighted by Crippen LogP contribution is -2.32. The third-order valence-corrected chi connectivity index (χ3v) is 5.86. The first-order chi connectivity index (χ1) is 17.5. The van der Waals surface area contributed by atoms with E-state index in [1.807, 2.05) is 48.6 Å². The molecule has 2 heterocycles. The van der Waals surface area contributed by atoms with Crippen LogP contribution in [-0.2, 0) is 9.47 Å². The smallest absolute Gasteiger partial charge is 0.340 e. The molecule has 8 nitrogen and oxygen atoms in total. The molecule has 1 aliphatic rings. The van der Waals surface area contributed by atoms with Gasteiger partial charge in [0.05, 0.1) is 12.2 Å². The fourth-order valence-electron chi connectivity index (χ4n) is 4.06. The first-order valence-corrected chi connectivity index (χ1v) is 11.8. The molecule has 4 rings (SSSR count). The van der Waals surface area contributed by atoms with E-state index in [0.717, 1.165) is 5.56 Å². The molecule has 0 saturated carbocycles. The van der Waals surface area contributed by atoms with Gasteiger partial charge in [0.2, 0.25) is 0 Å². The van der Waals surface area contributed by atoms with E-state index in [1.165, 1.54) is 7.11 Å². The molecule has 0 saturated heterocycles. The van der Waals surface area contributed by atoms with Gasteiger partial charge in [-0.1, -0.05) is 42.5 Å². The van der Waals surface area contributed by atoms with E-state index in [0.29, 0.717) is 66.1 Å². The topological polar surface area (TPSA) is 90.1 Å². The van der Waals surface area contributed by atoms with Gasteiger partial charge in [0, 0.05) is 31.1 Å². The number of ether oxygens (including phenoxy) is 4. The molecule has 1 amide bonds. The number of carbonyl (C=O) groups excluding carboxylic acids is 2. The second-order valence-electron chi connectivity index (χ2n) is 8.31. The molecule has 1 N–H and O–H groups in total. The van der Waals surface area contributed by atoms with Crippen molar-refractivity contribution in [1.29, 1.82) is 0 Å². The average molecular weight is 491 g/mol. The molecule has 0 aliphatic carbocycles. The van der Waals surface area contributed by atoms with Crippen LogP contribution in [-0.4, -0.2) is 56.9 Å². The largest absolute Gasteiger partial charge is 0.486 e. The fourth-order valence-corrected chi connectivity index (χ4v) is 4.06. The lowest BCUT2D eigenvalue weighted by Gasteiger charge is -2.24.